The Bertz CT molecular complexity index is 1030. The minimum absolute atomic E-state index is 0.00961. The second-order valence-corrected chi connectivity index (χ2v) is 6.94. The van der Waals surface area contributed by atoms with E-state index in [1.165, 1.54) is 5.56 Å². The first-order valence-electron chi connectivity index (χ1n) is 9.25. The van der Waals surface area contributed by atoms with Gasteiger partial charge in [-0.05, 0) is 61.2 Å². The van der Waals surface area contributed by atoms with Crippen molar-refractivity contribution in [1.82, 2.24) is 14.9 Å². The molecule has 6 heteroatoms. The van der Waals surface area contributed by atoms with Gasteiger partial charge in [-0.2, -0.15) is 0 Å². The van der Waals surface area contributed by atoms with Gasteiger partial charge in [0.25, 0.3) is 5.91 Å². The quantitative estimate of drug-likeness (QED) is 0.738. The molecule has 1 amide bonds. The number of nitrogens with zero attached hydrogens (tertiary/aromatic N) is 2. The van der Waals surface area contributed by atoms with Gasteiger partial charge >= 0.3 is 0 Å². The van der Waals surface area contributed by atoms with Gasteiger partial charge in [-0.15, -0.1) is 0 Å². The molecule has 0 saturated heterocycles. The van der Waals surface area contributed by atoms with Crippen molar-refractivity contribution in [2.24, 2.45) is 0 Å². The molecule has 1 aliphatic carbocycles. The summed E-state index contributed by atoms with van der Waals surface area (Å²) < 4.78 is 12.7. The first-order chi connectivity index (χ1) is 13.6. The number of rotatable bonds is 5. The molecule has 1 atom stereocenters. The Hall–Kier alpha value is -3.28. The third kappa shape index (κ3) is 3.33. The summed E-state index contributed by atoms with van der Waals surface area (Å²) in [5, 5.41) is 3.15. The molecule has 1 aliphatic rings. The van der Waals surface area contributed by atoms with Crippen LogP contribution in [0.1, 0.15) is 39.6 Å². The van der Waals surface area contributed by atoms with Crippen molar-refractivity contribution >= 4 is 5.91 Å². The van der Waals surface area contributed by atoms with Gasteiger partial charge in [0.2, 0.25) is 0 Å². The fourth-order valence-corrected chi connectivity index (χ4v) is 3.70. The molecule has 0 bridgehead atoms. The first-order valence-corrected chi connectivity index (χ1v) is 9.25. The molecular formula is C22H23N3O3. The number of amides is 1. The van der Waals surface area contributed by atoms with Crippen molar-refractivity contribution in [2.45, 2.75) is 25.8 Å². The summed E-state index contributed by atoms with van der Waals surface area (Å²) in [5.74, 6) is 1.36. The van der Waals surface area contributed by atoms with Crippen LogP contribution in [0.2, 0.25) is 0 Å². The molecule has 4 rings (SSSR count). The Kier molecular flexibility index (Phi) is 4.77. The average molecular weight is 377 g/mol. The van der Waals surface area contributed by atoms with Crippen molar-refractivity contribution in [3.05, 3.63) is 71.3 Å². The zero-order valence-electron chi connectivity index (χ0n) is 16.2. The summed E-state index contributed by atoms with van der Waals surface area (Å²) in [6, 6.07) is 11.5. The van der Waals surface area contributed by atoms with Crippen molar-refractivity contribution < 1.29 is 14.3 Å². The second kappa shape index (κ2) is 7.38. The Morgan fingerprint density at radius 1 is 1.18 bits per heavy atom. The highest BCUT2D eigenvalue weighted by Gasteiger charge is 2.25. The van der Waals surface area contributed by atoms with Gasteiger partial charge in [0.15, 0.2) is 0 Å². The van der Waals surface area contributed by atoms with E-state index in [1.807, 2.05) is 48.0 Å². The van der Waals surface area contributed by atoms with E-state index in [2.05, 4.69) is 10.3 Å². The number of methoxy groups -OCH3 is 2. The van der Waals surface area contributed by atoms with Gasteiger partial charge in [0, 0.05) is 11.8 Å². The number of aryl methyl sites for hydroxylation is 2. The lowest BCUT2D eigenvalue weighted by molar-refractivity contribution is 0.0936. The lowest BCUT2D eigenvalue weighted by Gasteiger charge is -2.16. The molecule has 0 fully saturated rings. The number of benzene rings is 2. The molecule has 0 radical (unpaired) electrons. The molecule has 144 valence electrons. The largest absolute Gasteiger partial charge is 0.497 e. The van der Waals surface area contributed by atoms with E-state index < -0.39 is 0 Å². The molecule has 28 heavy (non-hydrogen) atoms. The van der Waals surface area contributed by atoms with E-state index in [1.54, 1.807) is 26.6 Å². The normalized spacial score (nSPS) is 15.2. The molecular weight excluding hydrogens is 354 g/mol. The monoisotopic (exact) mass is 377 g/mol. The molecule has 1 heterocycles. The van der Waals surface area contributed by atoms with Gasteiger partial charge in [-0.25, -0.2) is 4.98 Å². The number of nitrogens with one attached hydrogen (secondary N) is 1. The number of carbonyl (C=O) groups is 1. The maximum Gasteiger partial charge on any atom is 0.251 e. The summed E-state index contributed by atoms with van der Waals surface area (Å²) in [5.41, 5.74) is 4.72. The fraction of sp³-hybridized carbons (Fsp3) is 0.273. The summed E-state index contributed by atoms with van der Waals surface area (Å²) in [7, 11) is 3.27. The van der Waals surface area contributed by atoms with Gasteiger partial charge in [-0.1, -0.05) is 6.07 Å². The standard InChI is InChI=1S/C22H23N3O3/c1-14-12-25(13-23-14)20-9-5-16(11-21(20)28-3)22(26)24-19-8-4-15-10-17(27-2)6-7-18(15)19/h5-7,9-13,19H,4,8H2,1-3H3,(H,24,26). The number of carbonyl (C=O) groups excluding carboxylic acids is 1. The smallest absolute Gasteiger partial charge is 0.251 e. The summed E-state index contributed by atoms with van der Waals surface area (Å²) >= 11 is 0. The van der Waals surface area contributed by atoms with Crippen LogP contribution in [-0.2, 0) is 6.42 Å². The highest BCUT2D eigenvalue weighted by molar-refractivity contribution is 5.95. The minimum atomic E-state index is -0.111. The Labute approximate surface area is 164 Å². The highest BCUT2D eigenvalue weighted by atomic mass is 16.5. The third-order valence-electron chi connectivity index (χ3n) is 5.17. The Balaban J connectivity index is 1.55. The van der Waals surface area contributed by atoms with E-state index in [9.17, 15) is 4.79 Å². The van der Waals surface area contributed by atoms with E-state index >= 15 is 0 Å². The Morgan fingerprint density at radius 3 is 2.75 bits per heavy atom. The number of aromatic nitrogens is 2. The van der Waals surface area contributed by atoms with Crippen molar-refractivity contribution in [3.63, 3.8) is 0 Å². The molecule has 6 nitrogen and oxygen atoms in total. The van der Waals surface area contributed by atoms with Crippen LogP contribution in [0.4, 0.5) is 0 Å². The molecule has 0 spiro atoms. The fourth-order valence-electron chi connectivity index (χ4n) is 3.70. The van der Waals surface area contributed by atoms with Crippen LogP contribution in [0.15, 0.2) is 48.9 Å². The Morgan fingerprint density at radius 2 is 2.04 bits per heavy atom. The minimum Gasteiger partial charge on any atom is -0.497 e. The lowest BCUT2D eigenvalue weighted by Crippen LogP contribution is -2.27. The maximum absolute atomic E-state index is 12.8. The SMILES string of the molecule is COc1ccc2c(c1)CCC2NC(=O)c1ccc(-n2cnc(C)c2)c(OC)c1. The molecule has 0 aliphatic heterocycles. The van der Waals surface area contributed by atoms with Gasteiger partial charge in [0.1, 0.15) is 11.5 Å². The van der Waals surface area contributed by atoms with E-state index in [0.717, 1.165) is 35.5 Å². The van der Waals surface area contributed by atoms with Crippen LogP contribution in [0.5, 0.6) is 11.5 Å². The van der Waals surface area contributed by atoms with Crippen LogP contribution in [0, 0.1) is 6.92 Å². The molecule has 0 saturated carbocycles. The number of ether oxygens (including phenoxy) is 2. The lowest BCUT2D eigenvalue weighted by atomic mass is 10.1. The van der Waals surface area contributed by atoms with Crippen LogP contribution in [0.3, 0.4) is 0 Å². The number of hydrogen-bond donors (Lipinski definition) is 1. The van der Waals surface area contributed by atoms with Crippen molar-refractivity contribution in [1.29, 1.82) is 0 Å². The number of hydrogen-bond acceptors (Lipinski definition) is 4. The van der Waals surface area contributed by atoms with E-state index in [-0.39, 0.29) is 11.9 Å². The predicted octanol–water partition coefficient (Wildman–Crippen LogP) is 3.62. The zero-order chi connectivity index (χ0) is 19.7. The van der Waals surface area contributed by atoms with Crippen molar-refractivity contribution in [2.75, 3.05) is 14.2 Å². The summed E-state index contributed by atoms with van der Waals surface area (Å²) in [4.78, 5) is 17.1. The van der Waals surface area contributed by atoms with Crippen LogP contribution >= 0.6 is 0 Å². The molecule has 1 N–H and O–H groups in total. The topological polar surface area (TPSA) is 65.4 Å². The summed E-state index contributed by atoms with van der Waals surface area (Å²) in [6.45, 7) is 1.93. The molecule has 3 aromatic rings. The zero-order valence-corrected chi connectivity index (χ0v) is 16.2. The number of imidazole rings is 1. The molecule has 2 aromatic carbocycles. The predicted molar refractivity (Wildman–Crippen MR) is 106 cm³/mol. The highest BCUT2D eigenvalue weighted by Crippen LogP contribution is 2.34. The van der Waals surface area contributed by atoms with Gasteiger partial charge in [-0.3, -0.25) is 4.79 Å². The maximum atomic E-state index is 12.8. The molecule has 1 unspecified atom stereocenters. The first kappa shape index (κ1) is 18.1. The number of fused-ring (bicyclic) bond motifs is 1. The van der Waals surface area contributed by atoms with E-state index in [0.29, 0.717) is 11.3 Å². The second-order valence-electron chi connectivity index (χ2n) is 6.94. The van der Waals surface area contributed by atoms with Crippen LogP contribution < -0.4 is 14.8 Å². The van der Waals surface area contributed by atoms with Gasteiger partial charge < -0.3 is 19.4 Å². The van der Waals surface area contributed by atoms with Crippen molar-refractivity contribution in [3.8, 4) is 17.2 Å². The van der Waals surface area contributed by atoms with Crippen LogP contribution in [-0.4, -0.2) is 29.7 Å². The van der Waals surface area contributed by atoms with Crippen LogP contribution in [0.25, 0.3) is 5.69 Å². The third-order valence-corrected chi connectivity index (χ3v) is 5.17. The average Bonchev–Trinajstić information content (AvgIpc) is 3.33. The van der Waals surface area contributed by atoms with E-state index in [4.69, 9.17) is 9.47 Å². The van der Waals surface area contributed by atoms with Gasteiger partial charge in [0.05, 0.1) is 38.0 Å². The summed E-state index contributed by atoms with van der Waals surface area (Å²) in [6.07, 6.45) is 5.47. The molecule has 1 aromatic heterocycles.